The molecular formula is C25H29F3N4O2. The van der Waals surface area contributed by atoms with E-state index in [0.29, 0.717) is 23.7 Å². The van der Waals surface area contributed by atoms with Crippen LogP contribution in [0.4, 0.5) is 24.7 Å². The maximum absolute atomic E-state index is 15.2. The number of methoxy groups -OCH3 is 1. The van der Waals surface area contributed by atoms with E-state index in [1.807, 2.05) is 33.0 Å². The molecule has 1 atom stereocenters. The van der Waals surface area contributed by atoms with Crippen LogP contribution in [0.5, 0.6) is 5.75 Å². The zero-order chi connectivity index (χ0) is 24.8. The molecule has 0 fully saturated rings. The van der Waals surface area contributed by atoms with Gasteiger partial charge in [0.25, 0.3) is 5.92 Å². The number of alkyl halides is 2. The first-order valence-corrected chi connectivity index (χ1v) is 11.1. The van der Waals surface area contributed by atoms with E-state index in [4.69, 9.17) is 4.74 Å². The number of halogens is 3. The van der Waals surface area contributed by atoms with Crippen molar-refractivity contribution in [1.29, 1.82) is 0 Å². The maximum atomic E-state index is 15.2. The monoisotopic (exact) mass is 474 g/mol. The summed E-state index contributed by atoms with van der Waals surface area (Å²) in [7, 11) is 3.14. The van der Waals surface area contributed by atoms with Gasteiger partial charge in [0.05, 0.1) is 29.4 Å². The van der Waals surface area contributed by atoms with Crippen molar-refractivity contribution in [3.8, 4) is 5.75 Å². The Balaban J connectivity index is 1.74. The number of hydrogen-bond donors (Lipinski definition) is 1. The minimum atomic E-state index is -3.44. The van der Waals surface area contributed by atoms with Gasteiger partial charge in [-0.3, -0.25) is 0 Å². The summed E-state index contributed by atoms with van der Waals surface area (Å²) in [6.07, 6.45) is 0. The molecule has 34 heavy (non-hydrogen) atoms. The number of benzene rings is 2. The predicted molar refractivity (Wildman–Crippen MR) is 126 cm³/mol. The molecular weight excluding hydrogens is 445 g/mol. The van der Waals surface area contributed by atoms with Crippen LogP contribution < -0.4 is 15.0 Å². The van der Waals surface area contributed by atoms with Crippen molar-refractivity contribution in [3.63, 3.8) is 0 Å². The number of likely N-dealkylation sites (N-methyl/N-ethyl adjacent to an activating group) is 1. The fraction of sp³-hybridized carbons (Fsp3) is 0.440. The second-order valence-electron chi connectivity index (χ2n) is 9.39. The highest BCUT2D eigenvalue weighted by Crippen LogP contribution is 2.41. The Labute approximate surface area is 197 Å². The van der Waals surface area contributed by atoms with E-state index < -0.39 is 30.0 Å². The molecule has 4 rings (SSSR count). The molecule has 0 bridgehead atoms. The van der Waals surface area contributed by atoms with Crippen LogP contribution in [0.3, 0.4) is 0 Å². The van der Waals surface area contributed by atoms with Gasteiger partial charge in [0.2, 0.25) is 0 Å². The average Bonchev–Trinajstić information content (AvgIpc) is 2.71. The first kappa shape index (κ1) is 24.1. The van der Waals surface area contributed by atoms with Crippen LogP contribution in [0, 0.1) is 12.7 Å². The largest absolute Gasteiger partial charge is 0.484 e. The number of fused-ring (bicyclic) bond motifs is 2. The first-order valence-electron chi connectivity index (χ1n) is 11.1. The standard InChI is InChI=1S/C25H29F3N4O2/c1-14(16-8-7-9-18(22(16)26)25(27,28)13-33-6)29-23-17-10-20-21(11-19(17)30-15(2)31-23)34-24(3,4)12-32(20)5/h7-11,14H,12-13H2,1-6H3,(H,29,30,31)/t14-/m1/s1. The fourth-order valence-electron chi connectivity index (χ4n) is 4.45. The molecule has 9 heteroatoms. The molecule has 2 heterocycles. The number of aryl methyl sites for hydroxylation is 1. The van der Waals surface area contributed by atoms with Crippen molar-refractivity contribution >= 4 is 22.4 Å². The lowest BCUT2D eigenvalue weighted by atomic mass is 10.00. The summed E-state index contributed by atoms with van der Waals surface area (Å²) in [4.78, 5) is 11.2. The summed E-state index contributed by atoms with van der Waals surface area (Å²) in [6, 6.07) is 7.16. The number of ether oxygens (including phenoxy) is 2. The summed E-state index contributed by atoms with van der Waals surface area (Å²) in [5, 5.41) is 3.93. The van der Waals surface area contributed by atoms with Crippen LogP contribution in [-0.2, 0) is 10.7 Å². The number of nitrogens with one attached hydrogen (secondary N) is 1. The highest BCUT2D eigenvalue weighted by Gasteiger charge is 2.36. The summed E-state index contributed by atoms with van der Waals surface area (Å²) in [5.74, 6) is -2.67. The Morgan fingerprint density at radius 2 is 2.00 bits per heavy atom. The van der Waals surface area contributed by atoms with Gasteiger partial charge < -0.3 is 19.7 Å². The molecule has 2 aromatic carbocycles. The third-order valence-corrected chi connectivity index (χ3v) is 5.87. The van der Waals surface area contributed by atoms with Crippen LogP contribution in [0.25, 0.3) is 10.9 Å². The van der Waals surface area contributed by atoms with Crippen molar-refractivity contribution in [2.45, 2.75) is 45.3 Å². The molecule has 0 radical (unpaired) electrons. The lowest BCUT2D eigenvalue weighted by Gasteiger charge is -2.39. The van der Waals surface area contributed by atoms with Gasteiger partial charge in [-0.25, -0.2) is 14.4 Å². The first-order chi connectivity index (χ1) is 15.9. The van der Waals surface area contributed by atoms with E-state index in [9.17, 15) is 8.78 Å². The third kappa shape index (κ3) is 4.49. The van der Waals surface area contributed by atoms with Gasteiger partial charge in [-0.1, -0.05) is 12.1 Å². The molecule has 1 N–H and O–H groups in total. The molecule has 0 unspecified atom stereocenters. The molecule has 0 aliphatic carbocycles. The summed E-state index contributed by atoms with van der Waals surface area (Å²) < 4.78 is 54.6. The number of hydrogen-bond acceptors (Lipinski definition) is 6. The molecule has 0 saturated heterocycles. The van der Waals surface area contributed by atoms with E-state index in [1.165, 1.54) is 12.1 Å². The predicted octanol–water partition coefficient (Wildman–Crippen LogP) is 5.60. The molecule has 1 aliphatic rings. The topological polar surface area (TPSA) is 59.5 Å². The van der Waals surface area contributed by atoms with E-state index in [0.717, 1.165) is 30.0 Å². The molecule has 1 aliphatic heterocycles. The third-order valence-electron chi connectivity index (χ3n) is 5.87. The molecule has 0 saturated carbocycles. The van der Waals surface area contributed by atoms with E-state index in [1.54, 1.807) is 13.8 Å². The Morgan fingerprint density at radius 1 is 1.26 bits per heavy atom. The van der Waals surface area contributed by atoms with Crippen LogP contribution in [0.1, 0.15) is 43.8 Å². The van der Waals surface area contributed by atoms with E-state index in [2.05, 4.69) is 24.9 Å². The highest BCUT2D eigenvalue weighted by molar-refractivity contribution is 5.94. The second kappa shape index (κ2) is 8.61. The van der Waals surface area contributed by atoms with E-state index in [-0.39, 0.29) is 11.2 Å². The van der Waals surface area contributed by atoms with Crippen molar-refractivity contribution in [2.75, 3.05) is 37.5 Å². The minimum absolute atomic E-state index is 0.109. The molecule has 0 spiro atoms. The van der Waals surface area contributed by atoms with Gasteiger partial charge >= 0.3 is 0 Å². The van der Waals surface area contributed by atoms with Crippen LogP contribution >= 0.6 is 0 Å². The van der Waals surface area contributed by atoms with Crippen molar-refractivity contribution < 1.29 is 22.6 Å². The molecule has 182 valence electrons. The van der Waals surface area contributed by atoms with Crippen molar-refractivity contribution in [3.05, 3.63) is 53.1 Å². The van der Waals surface area contributed by atoms with Crippen LogP contribution in [0.2, 0.25) is 0 Å². The summed E-state index contributed by atoms with van der Waals surface area (Å²) >= 11 is 0. The quantitative estimate of drug-likeness (QED) is 0.502. The van der Waals surface area contributed by atoms with Gasteiger partial charge in [0.1, 0.15) is 35.4 Å². The Morgan fingerprint density at radius 3 is 2.71 bits per heavy atom. The SMILES string of the molecule is COCC(F)(F)c1cccc([C@@H](C)Nc2nc(C)nc3cc4c(cc23)N(C)CC(C)(C)O4)c1F. The number of rotatable bonds is 6. The van der Waals surface area contributed by atoms with Crippen LogP contribution in [-0.4, -0.2) is 42.9 Å². The fourth-order valence-corrected chi connectivity index (χ4v) is 4.45. The molecule has 3 aromatic rings. The van der Waals surface area contributed by atoms with Gasteiger partial charge in [0, 0.05) is 31.2 Å². The Bertz CT molecular complexity index is 1230. The van der Waals surface area contributed by atoms with Gasteiger partial charge in [-0.05, 0) is 39.8 Å². The summed E-state index contributed by atoms with van der Waals surface area (Å²) in [5.41, 5.74) is 0.633. The van der Waals surface area contributed by atoms with E-state index >= 15 is 4.39 Å². The normalized spacial score (nSPS) is 16.2. The highest BCUT2D eigenvalue weighted by atomic mass is 19.3. The number of nitrogens with zero attached hydrogens (tertiary/aromatic N) is 3. The zero-order valence-corrected chi connectivity index (χ0v) is 20.2. The lowest BCUT2D eigenvalue weighted by molar-refractivity contribution is -0.0722. The minimum Gasteiger partial charge on any atom is -0.484 e. The van der Waals surface area contributed by atoms with Crippen LogP contribution in [0.15, 0.2) is 30.3 Å². The van der Waals surface area contributed by atoms with Crippen molar-refractivity contribution in [2.24, 2.45) is 0 Å². The smallest absolute Gasteiger partial charge is 0.298 e. The summed E-state index contributed by atoms with van der Waals surface area (Å²) in [6.45, 7) is 7.31. The number of anilines is 2. The Kier molecular flexibility index (Phi) is 6.10. The van der Waals surface area contributed by atoms with Gasteiger partial charge in [-0.15, -0.1) is 0 Å². The van der Waals surface area contributed by atoms with Gasteiger partial charge in [-0.2, -0.15) is 8.78 Å². The second-order valence-corrected chi connectivity index (χ2v) is 9.39. The maximum Gasteiger partial charge on any atom is 0.298 e. The average molecular weight is 475 g/mol. The number of aromatic nitrogens is 2. The Hall–Kier alpha value is -3.07. The molecule has 1 aromatic heterocycles. The van der Waals surface area contributed by atoms with Gasteiger partial charge in [0.15, 0.2) is 0 Å². The lowest BCUT2D eigenvalue weighted by Crippen LogP contribution is -2.45. The van der Waals surface area contributed by atoms with Crippen molar-refractivity contribution in [1.82, 2.24) is 9.97 Å². The molecule has 6 nitrogen and oxygen atoms in total. The zero-order valence-electron chi connectivity index (χ0n) is 20.2. The molecule has 0 amide bonds.